The van der Waals surface area contributed by atoms with Gasteiger partial charge in [0.15, 0.2) is 0 Å². The Balaban J connectivity index is 1.96. The van der Waals surface area contributed by atoms with E-state index in [1.54, 1.807) is 11.1 Å². The second-order valence-corrected chi connectivity index (χ2v) is 4.75. The molecule has 0 aliphatic heterocycles. The average molecular weight is 215 g/mol. The van der Waals surface area contributed by atoms with Crippen molar-refractivity contribution >= 4 is 5.69 Å². The molecule has 1 heteroatoms. The lowest BCUT2D eigenvalue weighted by Gasteiger charge is -2.15. The molecule has 86 valence electrons. The number of rotatable bonds is 5. The van der Waals surface area contributed by atoms with Gasteiger partial charge < -0.3 is 5.32 Å². The molecule has 1 N–H and O–H groups in total. The Bertz CT molecular complexity index is 368. The smallest absolute Gasteiger partial charge is 0.0345 e. The molecule has 2 rings (SSSR count). The van der Waals surface area contributed by atoms with Gasteiger partial charge in [0.2, 0.25) is 0 Å². The van der Waals surface area contributed by atoms with E-state index in [1.165, 1.54) is 24.9 Å². The van der Waals surface area contributed by atoms with Crippen molar-refractivity contribution in [2.24, 2.45) is 0 Å². The lowest BCUT2D eigenvalue weighted by molar-refractivity contribution is 0.719. The zero-order chi connectivity index (χ0) is 11.4. The van der Waals surface area contributed by atoms with Crippen LogP contribution >= 0.6 is 0 Å². The van der Waals surface area contributed by atoms with Crippen LogP contribution in [0.2, 0.25) is 0 Å². The normalized spacial score (nSPS) is 15.6. The number of fused-ring (bicyclic) bond motifs is 1. The molecule has 0 spiro atoms. The lowest BCUT2D eigenvalue weighted by atomic mass is 10.1. The summed E-state index contributed by atoms with van der Waals surface area (Å²) in [6, 6.07) is 7.35. The van der Waals surface area contributed by atoms with Crippen molar-refractivity contribution in [1.29, 1.82) is 0 Å². The van der Waals surface area contributed by atoms with E-state index in [9.17, 15) is 0 Å². The van der Waals surface area contributed by atoms with Crippen LogP contribution in [0, 0.1) is 0 Å². The minimum atomic E-state index is 0.525. The Hall–Kier alpha value is -1.24. The van der Waals surface area contributed by atoms with Crippen molar-refractivity contribution < 1.29 is 0 Å². The highest BCUT2D eigenvalue weighted by Gasteiger charge is 2.11. The predicted octanol–water partition coefficient (Wildman–Crippen LogP) is 3.94. The first-order valence-corrected chi connectivity index (χ1v) is 6.29. The third-order valence-electron chi connectivity index (χ3n) is 3.32. The number of aryl methyl sites for hydroxylation is 2. The number of nitrogens with one attached hydrogen (secondary N) is 1. The van der Waals surface area contributed by atoms with E-state index in [2.05, 4.69) is 37.0 Å². The molecule has 0 radical (unpaired) electrons. The van der Waals surface area contributed by atoms with Crippen LogP contribution in [0.5, 0.6) is 0 Å². The van der Waals surface area contributed by atoms with Crippen molar-refractivity contribution in [3.8, 4) is 0 Å². The molecule has 0 fully saturated rings. The van der Waals surface area contributed by atoms with Gasteiger partial charge in [-0.1, -0.05) is 12.1 Å². The summed E-state index contributed by atoms with van der Waals surface area (Å²) in [7, 11) is 0. The van der Waals surface area contributed by atoms with Gasteiger partial charge in [0.1, 0.15) is 0 Å². The summed E-state index contributed by atoms with van der Waals surface area (Å²) in [6.45, 7) is 5.99. The molecule has 0 saturated heterocycles. The Kier molecular flexibility index (Phi) is 3.66. The quantitative estimate of drug-likeness (QED) is 0.733. The summed E-state index contributed by atoms with van der Waals surface area (Å²) in [5.74, 6) is 0. The van der Waals surface area contributed by atoms with E-state index in [1.807, 2.05) is 6.08 Å². The van der Waals surface area contributed by atoms with Crippen LogP contribution < -0.4 is 5.32 Å². The Morgan fingerprint density at radius 2 is 2.19 bits per heavy atom. The molecule has 0 amide bonds. The second kappa shape index (κ2) is 5.20. The fourth-order valence-electron chi connectivity index (χ4n) is 2.39. The van der Waals surface area contributed by atoms with Crippen molar-refractivity contribution in [3.63, 3.8) is 0 Å². The molecule has 0 heterocycles. The van der Waals surface area contributed by atoms with Crippen LogP contribution in [-0.2, 0) is 12.8 Å². The van der Waals surface area contributed by atoms with Crippen LogP contribution in [0.25, 0.3) is 0 Å². The van der Waals surface area contributed by atoms with E-state index in [0.717, 1.165) is 12.8 Å². The van der Waals surface area contributed by atoms with Crippen LogP contribution in [0.1, 0.15) is 37.3 Å². The molecule has 1 unspecified atom stereocenters. The molecule has 1 aliphatic carbocycles. The fraction of sp³-hybridized carbons (Fsp3) is 0.467. The SMILES string of the molecule is C=CCCC(C)Nc1ccc2c(c1)CCC2. The highest BCUT2D eigenvalue weighted by molar-refractivity contribution is 5.50. The highest BCUT2D eigenvalue weighted by atomic mass is 14.9. The zero-order valence-corrected chi connectivity index (χ0v) is 10.1. The van der Waals surface area contributed by atoms with Gasteiger partial charge in [-0.05, 0) is 62.3 Å². The average Bonchev–Trinajstić information content (AvgIpc) is 2.73. The van der Waals surface area contributed by atoms with Crippen molar-refractivity contribution in [3.05, 3.63) is 42.0 Å². The molecule has 16 heavy (non-hydrogen) atoms. The predicted molar refractivity (Wildman–Crippen MR) is 71.0 cm³/mol. The van der Waals surface area contributed by atoms with Gasteiger partial charge in [-0.25, -0.2) is 0 Å². The maximum Gasteiger partial charge on any atom is 0.0345 e. The number of anilines is 1. The third-order valence-corrected chi connectivity index (χ3v) is 3.32. The molecule has 0 aromatic heterocycles. The van der Waals surface area contributed by atoms with Crippen molar-refractivity contribution in [2.75, 3.05) is 5.32 Å². The van der Waals surface area contributed by atoms with Crippen LogP contribution in [0.15, 0.2) is 30.9 Å². The molecular formula is C15H21N. The first-order valence-electron chi connectivity index (χ1n) is 6.29. The Labute approximate surface area is 98.6 Å². The highest BCUT2D eigenvalue weighted by Crippen LogP contribution is 2.25. The van der Waals surface area contributed by atoms with Crippen LogP contribution in [-0.4, -0.2) is 6.04 Å². The van der Waals surface area contributed by atoms with Crippen molar-refractivity contribution in [1.82, 2.24) is 0 Å². The summed E-state index contributed by atoms with van der Waals surface area (Å²) < 4.78 is 0. The van der Waals surface area contributed by atoms with E-state index in [0.29, 0.717) is 6.04 Å². The Morgan fingerprint density at radius 1 is 1.38 bits per heavy atom. The summed E-state index contributed by atoms with van der Waals surface area (Å²) in [5, 5.41) is 3.56. The van der Waals surface area contributed by atoms with E-state index >= 15 is 0 Å². The molecule has 0 bridgehead atoms. The minimum absolute atomic E-state index is 0.525. The van der Waals surface area contributed by atoms with E-state index in [-0.39, 0.29) is 0 Å². The van der Waals surface area contributed by atoms with Gasteiger partial charge in [-0.3, -0.25) is 0 Å². The monoisotopic (exact) mass is 215 g/mol. The molecule has 1 atom stereocenters. The zero-order valence-electron chi connectivity index (χ0n) is 10.1. The maximum atomic E-state index is 3.76. The molecular weight excluding hydrogens is 194 g/mol. The maximum absolute atomic E-state index is 3.76. The number of allylic oxidation sites excluding steroid dienone is 1. The molecule has 1 aromatic rings. The number of benzene rings is 1. The third kappa shape index (κ3) is 2.66. The molecule has 1 aromatic carbocycles. The topological polar surface area (TPSA) is 12.0 Å². The lowest BCUT2D eigenvalue weighted by Crippen LogP contribution is -2.14. The summed E-state index contributed by atoms with van der Waals surface area (Å²) in [4.78, 5) is 0. The molecule has 1 aliphatic rings. The standard InChI is InChI=1S/C15H21N/c1-3-4-6-12(2)16-15-10-9-13-7-5-8-14(13)11-15/h3,9-12,16H,1,4-8H2,2H3. The molecule has 1 nitrogen and oxygen atoms in total. The van der Waals surface area contributed by atoms with Gasteiger partial charge >= 0.3 is 0 Å². The van der Waals surface area contributed by atoms with Gasteiger partial charge in [-0.2, -0.15) is 0 Å². The van der Waals surface area contributed by atoms with Gasteiger partial charge in [-0.15, -0.1) is 6.58 Å². The summed E-state index contributed by atoms with van der Waals surface area (Å²) >= 11 is 0. The summed E-state index contributed by atoms with van der Waals surface area (Å²) in [6.07, 6.45) is 8.07. The largest absolute Gasteiger partial charge is 0.383 e. The van der Waals surface area contributed by atoms with Gasteiger partial charge in [0.05, 0.1) is 0 Å². The van der Waals surface area contributed by atoms with Gasteiger partial charge in [0.25, 0.3) is 0 Å². The van der Waals surface area contributed by atoms with E-state index in [4.69, 9.17) is 0 Å². The Morgan fingerprint density at radius 3 is 3.00 bits per heavy atom. The molecule has 0 saturated carbocycles. The van der Waals surface area contributed by atoms with Crippen molar-refractivity contribution in [2.45, 2.75) is 45.1 Å². The van der Waals surface area contributed by atoms with Gasteiger partial charge in [0, 0.05) is 11.7 Å². The first kappa shape index (κ1) is 11.3. The first-order chi connectivity index (χ1) is 7.79. The number of hydrogen-bond donors (Lipinski definition) is 1. The number of hydrogen-bond acceptors (Lipinski definition) is 1. The summed E-state index contributed by atoms with van der Waals surface area (Å²) in [5.41, 5.74) is 4.36. The minimum Gasteiger partial charge on any atom is -0.383 e. The fourth-order valence-corrected chi connectivity index (χ4v) is 2.39. The second-order valence-electron chi connectivity index (χ2n) is 4.75. The van der Waals surface area contributed by atoms with E-state index < -0.39 is 0 Å². The van der Waals surface area contributed by atoms with Crippen LogP contribution in [0.4, 0.5) is 5.69 Å². The van der Waals surface area contributed by atoms with Crippen LogP contribution in [0.3, 0.4) is 0 Å².